The van der Waals surface area contributed by atoms with Crippen LogP contribution < -0.4 is 10.1 Å². The van der Waals surface area contributed by atoms with E-state index in [1.54, 1.807) is 7.11 Å². The van der Waals surface area contributed by atoms with E-state index >= 15 is 0 Å². The molecule has 2 unspecified atom stereocenters. The first-order valence-corrected chi connectivity index (χ1v) is 7.42. The smallest absolute Gasteiger partial charge is 0.168 e. The van der Waals surface area contributed by atoms with Crippen LogP contribution in [0.15, 0.2) is 18.3 Å². The number of nitrogens with one attached hydrogen (secondary N) is 1. The van der Waals surface area contributed by atoms with Crippen LogP contribution in [-0.2, 0) is 0 Å². The van der Waals surface area contributed by atoms with Gasteiger partial charge in [0.15, 0.2) is 11.6 Å². The fraction of sp³-hybridized carbons (Fsp3) is 0.615. The van der Waals surface area contributed by atoms with E-state index in [4.69, 9.17) is 4.74 Å². The fourth-order valence-electron chi connectivity index (χ4n) is 2.38. The third-order valence-electron chi connectivity index (χ3n) is 3.32. The molecule has 94 valence electrons. The Balaban J connectivity index is 2.08. The molecular weight excluding hydrogens is 232 g/mol. The Bertz CT molecular complexity index is 359. The number of thioether (sulfide) groups is 1. The van der Waals surface area contributed by atoms with E-state index in [0.29, 0.717) is 11.3 Å². The van der Waals surface area contributed by atoms with Crippen molar-refractivity contribution in [1.29, 1.82) is 0 Å². The predicted octanol–water partition coefficient (Wildman–Crippen LogP) is 3.18. The Morgan fingerprint density at radius 3 is 3.00 bits per heavy atom. The van der Waals surface area contributed by atoms with E-state index < -0.39 is 0 Å². The first-order valence-electron chi connectivity index (χ1n) is 6.13. The molecule has 2 rings (SSSR count). The summed E-state index contributed by atoms with van der Waals surface area (Å²) in [7, 11) is 1.69. The summed E-state index contributed by atoms with van der Waals surface area (Å²) < 4.78 is 5.32. The lowest BCUT2D eigenvalue weighted by atomic mass is 9.95. The van der Waals surface area contributed by atoms with Crippen molar-refractivity contribution < 1.29 is 4.74 Å². The molecule has 17 heavy (non-hydrogen) atoms. The molecule has 4 heteroatoms. The Morgan fingerprint density at radius 1 is 1.41 bits per heavy atom. The van der Waals surface area contributed by atoms with E-state index in [-0.39, 0.29) is 0 Å². The van der Waals surface area contributed by atoms with Crippen LogP contribution in [0, 0.1) is 0 Å². The zero-order valence-electron chi connectivity index (χ0n) is 10.5. The fourth-order valence-corrected chi connectivity index (χ4v) is 3.32. The quantitative estimate of drug-likeness (QED) is 0.892. The van der Waals surface area contributed by atoms with Crippen LogP contribution in [0.3, 0.4) is 0 Å². The molecule has 0 radical (unpaired) electrons. The minimum absolute atomic E-state index is 0.516. The average molecular weight is 252 g/mol. The van der Waals surface area contributed by atoms with Crippen LogP contribution in [0.4, 0.5) is 5.82 Å². The van der Waals surface area contributed by atoms with Gasteiger partial charge < -0.3 is 10.1 Å². The molecule has 1 N–H and O–H groups in total. The Labute approximate surface area is 107 Å². The molecule has 0 spiro atoms. The number of methoxy groups -OCH3 is 1. The van der Waals surface area contributed by atoms with Crippen molar-refractivity contribution in [2.45, 2.75) is 37.0 Å². The average Bonchev–Trinajstić information content (AvgIpc) is 2.40. The summed E-state index contributed by atoms with van der Waals surface area (Å²) in [4.78, 5) is 4.37. The molecule has 1 aromatic rings. The monoisotopic (exact) mass is 252 g/mol. The van der Waals surface area contributed by atoms with Gasteiger partial charge in [0.25, 0.3) is 0 Å². The van der Waals surface area contributed by atoms with Crippen LogP contribution in [0.25, 0.3) is 0 Å². The molecular formula is C13H20N2OS. The van der Waals surface area contributed by atoms with Gasteiger partial charge in [-0.1, -0.05) is 12.8 Å². The van der Waals surface area contributed by atoms with Crippen molar-refractivity contribution in [2.24, 2.45) is 0 Å². The lowest BCUT2D eigenvalue weighted by Gasteiger charge is -2.31. The van der Waals surface area contributed by atoms with E-state index in [2.05, 4.69) is 16.6 Å². The van der Waals surface area contributed by atoms with Crippen LogP contribution in [0.2, 0.25) is 0 Å². The van der Waals surface area contributed by atoms with Crippen molar-refractivity contribution in [2.75, 3.05) is 18.7 Å². The summed E-state index contributed by atoms with van der Waals surface area (Å²) in [5, 5.41) is 4.23. The van der Waals surface area contributed by atoms with E-state index in [0.717, 1.165) is 11.6 Å². The minimum Gasteiger partial charge on any atom is -0.493 e. The van der Waals surface area contributed by atoms with Gasteiger partial charge in [-0.25, -0.2) is 4.98 Å². The van der Waals surface area contributed by atoms with Gasteiger partial charge in [-0.2, -0.15) is 11.8 Å². The van der Waals surface area contributed by atoms with E-state index in [9.17, 15) is 0 Å². The van der Waals surface area contributed by atoms with Gasteiger partial charge >= 0.3 is 0 Å². The number of hydrogen-bond donors (Lipinski definition) is 1. The number of anilines is 1. The highest BCUT2D eigenvalue weighted by molar-refractivity contribution is 7.99. The highest BCUT2D eigenvalue weighted by Crippen LogP contribution is 2.31. The largest absolute Gasteiger partial charge is 0.493 e. The predicted molar refractivity (Wildman–Crippen MR) is 74.0 cm³/mol. The van der Waals surface area contributed by atoms with Gasteiger partial charge in [-0.15, -0.1) is 0 Å². The number of aromatic nitrogens is 1. The van der Waals surface area contributed by atoms with Gasteiger partial charge in [0.05, 0.1) is 7.11 Å². The molecule has 1 fully saturated rings. The number of hydrogen-bond acceptors (Lipinski definition) is 4. The van der Waals surface area contributed by atoms with Crippen molar-refractivity contribution in [3.8, 4) is 5.75 Å². The molecule has 0 saturated heterocycles. The van der Waals surface area contributed by atoms with Crippen molar-refractivity contribution in [3.05, 3.63) is 18.3 Å². The second-order valence-corrected chi connectivity index (χ2v) is 5.44. The third-order valence-corrected chi connectivity index (χ3v) is 4.49. The second-order valence-electron chi connectivity index (χ2n) is 4.36. The van der Waals surface area contributed by atoms with Gasteiger partial charge in [0.1, 0.15) is 0 Å². The molecule has 2 atom stereocenters. The third kappa shape index (κ3) is 3.06. The molecule has 0 aliphatic heterocycles. The first-order chi connectivity index (χ1) is 8.35. The van der Waals surface area contributed by atoms with Gasteiger partial charge in [-0.05, 0) is 31.2 Å². The molecule has 0 bridgehead atoms. The maximum absolute atomic E-state index is 5.32. The summed E-state index contributed by atoms with van der Waals surface area (Å²) in [5.74, 6) is 1.71. The number of nitrogens with zero attached hydrogens (tertiary/aromatic N) is 1. The molecule has 1 aromatic heterocycles. The summed E-state index contributed by atoms with van der Waals surface area (Å²) in [6.45, 7) is 0. The Kier molecular flexibility index (Phi) is 4.54. The molecule has 0 aromatic carbocycles. The normalized spacial score (nSPS) is 24.4. The maximum Gasteiger partial charge on any atom is 0.168 e. The van der Waals surface area contributed by atoms with E-state index in [1.165, 1.54) is 25.7 Å². The van der Waals surface area contributed by atoms with E-state index in [1.807, 2.05) is 30.1 Å². The van der Waals surface area contributed by atoms with Crippen molar-refractivity contribution in [3.63, 3.8) is 0 Å². The Hall–Kier alpha value is -0.900. The topological polar surface area (TPSA) is 34.1 Å². The van der Waals surface area contributed by atoms with Gasteiger partial charge in [0.2, 0.25) is 0 Å². The number of ether oxygens (including phenoxy) is 1. The first kappa shape index (κ1) is 12.6. The zero-order chi connectivity index (χ0) is 12.1. The lowest BCUT2D eigenvalue weighted by molar-refractivity contribution is 0.412. The van der Waals surface area contributed by atoms with Crippen molar-refractivity contribution >= 4 is 17.6 Å². The maximum atomic E-state index is 5.32. The standard InChI is InChI=1S/C13H20N2OS/c1-16-11-7-5-9-14-13(11)15-10-6-3-4-8-12(10)17-2/h5,7,9-10,12H,3-4,6,8H2,1-2H3,(H,14,15). The SMILES string of the molecule is COc1cccnc1NC1CCCCC1SC. The summed E-state index contributed by atoms with van der Waals surface area (Å²) in [6.07, 6.45) is 9.19. The molecule has 3 nitrogen and oxygen atoms in total. The number of rotatable bonds is 4. The highest BCUT2D eigenvalue weighted by atomic mass is 32.2. The highest BCUT2D eigenvalue weighted by Gasteiger charge is 2.25. The van der Waals surface area contributed by atoms with Gasteiger partial charge in [-0.3, -0.25) is 0 Å². The number of pyridine rings is 1. The molecule has 1 aliphatic rings. The summed E-state index contributed by atoms with van der Waals surface area (Å²) in [5.41, 5.74) is 0. The van der Waals surface area contributed by atoms with Crippen LogP contribution in [-0.4, -0.2) is 29.6 Å². The Morgan fingerprint density at radius 2 is 2.24 bits per heavy atom. The van der Waals surface area contributed by atoms with Crippen molar-refractivity contribution in [1.82, 2.24) is 4.98 Å². The lowest BCUT2D eigenvalue weighted by Crippen LogP contribution is -2.34. The molecule has 1 heterocycles. The van der Waals surface area contributed by atoms with Crippen LogP contribution in [0.1, 0.15) is 25.7 Å². The summed E-state index contributed by atoms with van der Waals surface area (Å²) >= 11 is 1.96. The van der Waals surface area contributed by atoms with Gasteiger partial charge in [0, 0.05) is 17.5 Å². The molecule has 1 saturated carbocycles. The molecule has 1 aliphatic carbocycles. The molecule has 0 amide bonds. The minimum atomic E-state index is 0.516. The zero-order valence-corrected chi connectivity index (χ0v) is 11.3. The second kappa shape index (κ2) is 6.15. The summed E-state index contributed by atoms with van der Waals surface area (Å²) in [6, 6.07) is 4.37. The van der Waals surface area contributed by atoms with Crippen LogP contribution in [0.5, 0.6) is 5.75 Å². The van der Waals surface area contributed by atoms with Crippen LogP contribution >= 0.6 is 11.8 Å².